The van der Waals surface area contributed by atoms with Crippen LogP contribution in [-0.4, -0.2) is 36.9 Å². The van der Waals surface area contributed by atoms with Gasteiger partial charge in [0, 0.05) is 17.8 Å². The van der Waals surface area contributed by atoms with Crippen molar-refractivity contribution in [1.29, 1.82) is 0 Å². The molecule has 0 fully saturated rings. The summed E-state index contributed by atoms with van der Waals surface area (Å²) in [5.74, 6) is -1.23. The Morgan fingerprint density at radius 1 is 1.04 bits per heavy atom. The highest BCUT2D eigenvalue weighted by atomic mass is 19.1. The first kappa shape index (κ1) is 20.6. The topological polar surface area (TPSA) is 61.4 Å². The first-order chi connectivity index (χ1) is 12.8. The van der Waals surface area contributed by atoms with E-state index in [-0.39, 0.29) is 11.8 Å². The van der Waals surface area contributed by atoms with Gasteiger partial charge in [-0.2, -0.15) is 0 Å². The number of anilines is 1. The molecular formula is C21H26FN3O2. The van der Waals surface area contributed by atoms with Crippen LogP contribution in [0.3, 0.4) is 0 Å². The first-order valence-electron chi connectivity index (χ1n) is 8.88. The number of halogens is 1. The Morgan fingerprint density at radius 3 is 2.26 bits per heavy atom. The van der Waals surface area contributed by atoms with E-state index in [1.54, 1.807) is 0 Å². The van der Waals surface area contributed by atoms with Gasteiger partial charge in [-0.15, -0.1) is 0 Å². The maximum absolute atomic E-state index is 13.0. The van der Waals surface area contributed by atoms with Crippen molar-refractivity contribution < 1.29 is 14.0 Å². The third kappa shape index (κ3) is 5.89. The summed E-state index contributed by atoms with van der Waals surface area (Å²) < 4.78 is 13.0. The summed E-state index contributed by atoms with van der Waals surface area (Å²) in [5, 5.41) is 5.67. The quantitative estimate of drug-likeness (QED) is 0.785. The lowest BCUT2D eigenvalue weighted by Gasteiger charge is -2.23. The summed E-state index contributed by atoms with van der Waals surface area (Å²) >= 11 is 0. The van der Waals surface area contributed by atoms with Gasteiger partial charge in [0.15, 0.2) is 0 Å². The molecule has 2 aromatic rings. The number of hydrogen-bond acceptors (Lipinski definition) is 3. The van der Waals surface area contributed by atoms with Crippen molar-refractivity contribution in [3.8, 4) is 0 Å². The van der Waals surface area contributed by atoms with Crippen molar-refractivity contribution in [2.24, 2.45) is 5.92 Å². The number of nitrogens with one attached hydrogen (secondary N) is 2. The second kappa shape index (κ2) is 9.28. The maximum Gasteiger partial charge on any atom is 0.251 e. The fraction of sp³-hybridized carbons (Fsp3) is 0.333. The molecule has 0 bridgehead atoms. The van der Waals surface area contributed by atoms with Gasteiger partial charge in [0.1, 0.15) is 11.9 Å². The predicted molar refractivity (Wildman–Crippen MR) is 105 cm³/mol. The Kier molecular flexibility index (Phi) is 7.07. The Hall–Kier alpha value is -2.73. The van der Waals surface area contributed by atoms with E-state index in [1.807, 2.05) is 57.1 Å². The zero-order valence-electron chi connectivity index (χ0n) is 16.1. The van der Waals surface area contributed by atoms with Gasteiger partial charge in [-0.25, -0.2) is 4.39 Å². The van der Waals surface area contributed by atoms with Crippen LogP contribution in [0.1, 0.15) is 29.8 Å². The number of para-hydroxylation sites is 1. The number of benzene rings is 2. The first-order valence-corrected chi connectivity index (χ1v) is 8.88. The van der Waals surface area contributed by atoms with Crippen LogP contribution in [0.25, 0.3) is 0 Å². The predicted octanol–water partition coefficient (Wildman–Crippen LogP) is 3.28. The van der Waals surface area contributed by atoms with Crippen LogP contribution < -0.4 is 10.6 Å². The Balaban J connectivity index is 2.13. The van der Waals surface area contributed by atoms with E-state index >= 15 is 0 Å². The van der Waals surface area contributed by atoms with E-state index < -0.39 is 17.8 Å². The van der Waals surface area contributed by atoms with Gasteiger partial charge in [0.2, 0.25) is 5.91 Å². The van der Waals surface area contributed by atoms with Gasteiger partial charge in [-0.05, 0) is 55.9 Å². The molecule has 0 saturated heterocycles. The summed E-state index contributed by atoms with van der Waals surface area (Å²) in [5.41, 5.74) is 2.02. The van der Waals surface area contributed by atoms with E-state index in [9.17, 15) is 14.0 Å². The van der Waals surface area contributed by atoms with E-state index in [2.05, 4.69) is 10.6 Å². The zero-order valence-corrected chi connectivity index (χ0v) is 16.1. The minimum Gasteiger partial charge on any atom is -0.340 e. The molecule has 0 radical (unpaired) electrons. The van der Waals surface area contributed by atoms with E-state index in [0.29, 0.717) is 12.1 Å². The minimum atomic E-state index is -0.713. The van der Waals surface area contributed by atoms with E-state index in [4.69, 9.17) is 0 Å². The van der Waals surface area contributed by atoms with Crippen molar-refractivity contribution in [2.45, 2.75) is 26.4 Å². The van der Waals surface area contributed by atoms with Crippen molar-refractivity contribution in [3.63, 3.8) is 0 Å². The van der Waals surface area contributed by atoms with Crippen LogP contribution in [-0.2, 0) is 11.3 Å². The van der Waals surface area contributed by atoms with Crippen LogP contribution in [0.5, 0.6) is 0 Å². The number of carbonyl (C=O) groups excluding carboxylic acids is 2. The molecule has 2 N–H and O–H groups in total. The summed E-state index contributed by atoms with van der Waals surface area (Å²) in [6, 6.07) is 12.1. The highest BCUT2D eigenvalue weighted by Crippen LogP contribution is 2.18. The molecule has 27 heavy (non-hydrogen) atoms. The lowest BCUT2D eigenvalue weighted by atomic mass is 10.0. The van der Waals surface area contributed by atoms with Crippen molar-refractivity contribution in [3.05, 3.63) is 65.5 Å². The molecule has 2 amide bonds. The molecule has 5 nitrogen and oxygen atoms in total. The monoisotopic (exact) mass is 371 g/mol. The molecule has 0 spiro atoms. The molecule has 2 rings (SSSR count). The second-order valence-electron chi connectivity index (χ2n) is 7.09. The molecule has 0 aromatic heterocycles. The molecule has 0 aliphatic carbocycles. The van der Waals surface area contributed by atoms with Gasteiger partial charge in [0.05, 0.1) is 0 Å². The number of nitrogens with zero attached hydrogens (tertiary/aromatic N) is 1. The summed E-state index contributed by atoms with van der Waals surface area (Å²) in [6.45, 7) is 4.41. The lowest BCUT2D eigenvalue weighted by molar-refractivity contribution is -0.118. The minimum absolute atomic E-state index is 0.115. The third-order valence-corrected chi connectivity index (χ3v) is 4.10. The van der Waals surface area contributed by atoms with Crippen molar-refractivity contribution >= 4 is 17.5 Å². The smallest absolute Gasteiger partial charge is 0.251 e. The highest BCUT2D eigenvalue weighted by molar-refractivity contribution is 6.01. The zero-order chi connectivity index (χ0) is 20.0. The number of amides is 2. The normalized spacial score (nSPS) is 12.1. The highest BCUT2D eigenvalue weighted by Gasteiger charge is 2.25. The average Bonchev–Trinajstić information content (AvgIpc) is 2.61. The Bertz CT molecular complexity index is 788. The average molecular weight is 371 g/mol. The summed E-state index contributed by atoms with van der Waals surface area (Å²) in [6.07, 6.45) is 0. The van der Waals surface area contributed by atoms with E-state index in [1.165, 1.54) is 24.3 Å². The fourth-order valence-electron chi connectivity index (χ4n) is 2.69. The number of rotatable bonds is 7. The summed E-state index contributed by atoms with van der Waals surface area (Å²) in [4.78, 5) is 27.2. The third-order valence-electron chi connectivity index (χ3n) is 4.10. The van der Waals surface area contributed by atoms with Gasteiger partial charge < -0.3 is 15.5 Å². The number of hydrogen-bond donors (Lipinski definition) is 2. The molecule has 1 atom stereocenters. The SMILES string of the molecule is CC(C)C(NC(=O)c1ccc(F)cc1)C(=O)Nc1ccccc1CN(C)C. The van der Waals surface area contributed by atoms with Crippen molar-refractivity contribution in [2.75, 3.05) is 19.4 Å². The molecule has 0 aliphatic rings. The van der Waals surface area contributed by atoms with Crippen LogP contribution >= 0.6 is 0 Å². The largest absolute Gasteiger partial charge is 0.340 e. The molecule has 1 unspecified atom stereocenters. The number of carbonyl (C=O) groups is 2. The fourth-order valence-corrected chi connectivity index (χ4v) is 2.69. The van der Waals surface area contributed by atoms with Gasteiger partial charge in [-0.3, -0.25) is 9.59 Å². The van der Waals surface area contributed by atoms with Crippen LogP contribution in [0.15, 0.2) is 48.5 Å². The van der Waals surface area contributed by atoms with Crippen LogP contribution in [0.4, 0.5) is 10.1 Å². The lowest BCUT2D eigenvalue weighted by Crippen LogP contribution is -2.47. The Morgan fingerprint density at radius 2 is 1.67 bits per heavy atom. The van der Waals surface area contributed by atoms with Crippen molar-refractivity contribution in [1.82, 2.24) is 10.2 Å². The standard InChI is InChI=1S/C21H26FN3O2/c1-14(2)19(24-20(26)15-9-11-17(22)12-10-15)21(27)23-18-8-6-5-7-16(18)13-25(3)4/h5-12,14,19H,13H2,1-4H3,(H,23,27)(H,24,26). The maximum atomic E-state index is 13.0. The molecule has 2 aromatic carbocycles. The van der Waals surface area contributed by atoms with Gasteiger partial charge in [0.25, 0.3) is 5.91 Å². The van der Waals surface area contributed by atoms with Crippen LogP contribution in [0.2, 0.25) is 0 Å². The van der Waals surface area contributed by atoms with Gasteiger partial charge in [-0.1, -0.05) is 32.0 Å². The van der Waals surface area contributed by atoms with E-state index in [0.717, 1.165) is 11.3 Å². The molecule has 0 heterocycles. The molecule has 6 heteroatoms. The molecule has 0 saturated carbocycles. The Labute approximate surface area is 159 Å². The molecule has 0 aliphatic heterocycles. The molecule has 144 valence electrons. The second-order valence-corrected chi connectivity index (χ2v) is 7.09. The van der Waals surface area contributed by atoms with Crippen LogP contribution in [0, 0.1) is 11.7 Å². The molecular weight excluding hydrogens is 345 g/mol. The summed E-state index contributed by atoms with van der Waals surface area (Å²) in [7, 11) is 3.91. The van der Waals surface area contributed by atoms with Gasteiger partial charge >= 0.3 is 0 Å².